The molecule has 1 nitrogen and oxygen atoms in total. The SMILES string of the molecule is C=C(C)CC(NCCC)C(C)C1CC1. The van der Waals surface area contributed by atoms with Gasteiger partial charge in [-0.25, -0.2) is 0 Å². The van der Waals surface area contributed by atoms with E-state index >= 15 is 0 Å². The fraction of sp³-hybridized carbons (Fsp3) is 0.846. The zero-order chi connectivity index (χ0) is 10.6. The number of hydrogen-bond donors (Lipinski definition) is 1. The molecule has 0 radical (unpaired) electrons. The molecule has 2 atom stereocenters. The van der Waals surface area contributed by atoms with Crippen LogP contribution in [-0.4, -0.2) is 12.6 Å². The first kappa shape index (κ1) is 11.8. The molecule has 0 spiro atoms. The summed E-state index contributed by atoms with van der Waals surface area (Å²) in [5.74, 6) is 1.82. The van der Waals surface area contributed by atoms with Crippen molar-refractivity contribution in [2.75, 3.05) is 6.54 Å². The normalized spacial score (nSPS) is 20.5. The van der Waals surface area contributed by atoms with Crippen LogP contribution in [0.25, 0.3) is 0 Å². The van der Waals surface area contributed by atoms with Crippen molar-refractivity contribution >= 4 is 0 Å². The summed E-state index contributed by atoms with van der Waals surface area (Å²) in [6.07, 6.45) is 5.27. The van der Waals surface area contributed by atoms with E-state index in [1.807, 2.05) is 0 Å². The minimum absolute atomic E-state index is 0.667. The maximum absolute atomic E-state index is 4.03. The summed E-state index contributed by atoms with van der Waals surface area (Å²) in [4.78, 5) is 0. The maximum atomic E-state index is 4.03. The Morgan fingerprint density at radius 2 is 2.14 bits per heavy atom. The van der Waals surface area contributed by atoms with Gasteiger partial charge in [0, 0.05) is 6.04 Å². The van der Waals surface area contributed by atoms with E-state index in [4.69, 9.17) is 0 Å². The third-order valence-corrected chi connectivity index (χ3v) is 3.23. The van der Waals surface area contributed by atoms with Gasteiger partial charge in [0.15, 0.2) is 0 Å². The van der Waals surface area contributed by atoms with E-state index in [2.05, 4.69) is 32.7 Å². The molecular weight excluding hydrogens is 170 g/mol. The third kappa shape index (κ3) is 3.83. The van der Waals surface area contributed by atoms with Crippen LogP contribution in [0, 0.1) is 11.8 Å². The van der Waals surface area contributed by atoms with Crippen molar-refractivity contribution in [2.24, 2.45) is 11.8 Å². The molecule has 2 unspecified atom stereocenters. The highest BCUT2D eigenvalue weighted by Crippen LogP contribution is 2.39. The molecule has 0 saturated heterocycles. The summed E-state index contributed by atoms with van der Waals surface area (Å²) >= 11 is 0. The van der Waals surface area contributed by atoms with Crippen LogP contribution in [0.3, 0.4) is 0 Å². The molecule has 0 aromatic carbocycles. The Labute approximate surface area is 89.0 Å². The van der Waals surface area contributed by atoms with Gasteiger partial charge in [0.2, 0.25) is 0 Å². The van der Waals surface area contributed by atoms with E-state index in [0.29, 0.717) is 6.04 Å². The van der Waals surface area contributed by atoms with E-state index in [1.165, 1.54) is 24.8 Å². The van der Waals surface area contributed by atoms with Gasteiger partial charge in [-0.15, -0.1) is 6.58 Å². The number of rotatable bonds is 7. The van der Waals surface area contributed by atoms with Gasteiger partial charge in [-0.2, -0.15) is 0 Å². The molecule has 1 rings (SSSR count). The Balaban J connectivity index is 2.37. The molecule has 82 valence electrons. The molecule has 14 heavy (non-hydrogen) atoms. The van der Waals surface area contributed by atoms with Gasteiger partial charge < -0.3 is 5.32 Å². The lowest BCUT2D eigenvalue weighted by Crippen LogP contribution is -2.36. The van der Waals surface area contributed by atoms with Gasteiger partial charge in [-0.05, 0) is 51.0 Å². The largest absolute Gasteiger partial charge is 0.313 e. The smallest absolute Gasteiger partial charge is 0.0132 e. The maximum Gasteiger partial charge on any atom is 0.0132 e. The van der Waals surface area contributed by atoms with Crippen LogP contribution < -0.4 is 5.32 Å². The zero-order valence-corrected chi connectivity index (χ0v) is 9.97. The predicted molar refractivity (Wildman–Crippen MR) is 63.4 cm³/mol. The summed E-state index contributed by atoms with van der Waals surface area (Å²) < 4.78 is 0. The van der Waals surface area contributed by atoms with Crippen molar-refractivity contribution in [1.82, 2.24) is 5.32 Å². The summed E-state index contributed by atoms with van der Waals surface area (Å²) in [7, 11) is 0. The standard InChI is InChI=1S/C13H25N/c1-5-8-14-13(9-10(2)3)11(4)12-6-7-12/h11-14H,2,5-9H2,1,3-4H3. The van der Waals surface area contributed by atoms with Crippen LogP contribution in [0.5, 0.6) is 0 Å². The van der Waals surface area contributed by atoms with Crippen molar-refractivity contribution in [3.05, 3.63) is 12.2 Å². The van der Waals surface area contributed by atoms with Gasteiger partial charge in [-0.3, -0.25) is 0 Å². The average molecular weight is 195 g/mol. The molecule has 0 aliphatic heterocycles. The second-order valence-corrected chi connectivity index (χ2v) is 4.92. The van der Waals surface area contributed by atoms with Crippen molar-refractivity contribution in [1.29, 1.82) is 0 Å². The van der Waals surface area contributed by atoms with Gasteiger partial charge in [0.25, 0.3) is 0 Å². The van der Waals surface area contributed by atoms with Crippen molar-refractivity contribution in [3.8, 4) is 0 Å². The molecule has 1 aliphatic rings. The van der Waals surface area contributed by atoms with E-state index in [0.717, 1.165) is 24.8 Å². The quantitative estimate of drug-likeness (QED) is 0.614. The molecule has 0 aromatic heterocycles. The van der Waals surface area contributed by atoms with Crippen LogP contribution in [0.1, 0.15) is 46.5 Å². The molecule has 0 aromatic rings. The second kappa shape index (κ2) is 5.55. The monoisotopic (exact) mass is 195 g/mol. The second-order valence-electron chi connectivity index (χ2n) is 4.92. The minimum atomic E-state index is 0.667. The lowest BCUT2D eigenvalue weighted by Gasteiger charge is -2.25. The topological polar surface area (TPSA) is 12.0 Å². The molecule has 1 N–H and O–H groups in total. The molecule has 1 aliphatic carbocycles. The molecule has 0 amide bonds. The minimum Gasteiger partial charge on any atom is -0.313 e. The number of hydrogen-bond acceptors (Lipinski definition) is 1. The first-order chi connectivity index (χ1) is 6.65. The van der Waals surface area contributed by atoms with Crippen molar-refractivity contribution in [2.45, 2.75) is 52.5 Å². The first-order valence-corrected chi connectivity index (χ1v) is 6.03. The highest BCUT2D eigenvalue weighted by molar-refractivity contribution is 4.97. The van der Waals surface area contributed by atoms with Gasteiger partial charge in [0.05, 0.1) is 0 Å². The van der Waals surface area contributed by atoms with Crippen LogP contribution in [0.2, 0.25) is 0 Å². The summed E-state index contributed by atoms with van der Waals surface area (Å²) in [5.41, 5.74) is 1.31. The van der Waals surface area contributed by atoms with E-state index in [-0.39, 0.29) is 0 Å². The lowest BCUT2D eigenvalue weighted by molar-refractivity contribution is 0.339. The highest BCUT2D eigenvalue weighted by Gasteiger charge is 2.32. The Bertz CT molecular complexity index is 182. The highest BCUT2D eigenvalue weighted by atomic mass is 14.9. The lowest BCUT2D eigenvalue weighted by atomic mass is 9.92. The molecule has 1 heteroatoms. The van der Waals surface area contributed by atoms with E-state index in [1.54, 1.807) is 0 Å². The average Bonchev–Trinajstić information content (AvgIpc) is 2.93. The van der Waals surface area contributed by atoms with Crippen LogP contribution >= 0.6 is 0 Å². The Hall–Kier alpha value is -0.300. The van der Waals surface area contributed by atoms with Gasteiger partial charge in [0.1, 0.15) is 0 Å². The molecular formula is C13H25N. The van der Waals surface area contributed by atoms with E-state index < -0.39 is 0 Å². The van der Waals surface area contributed by atoms with Crippen LogP contribution in [0.15, 0.2) is 12.2 Å². The molecule has 0 heterocycles. The number of nitrogens with one attached hydrogen (secondary N) is 1. The van der Waals surface area contributed by atoms with Gasteiger partial charge in [-0.1, -0.05) is 19.4 Å². The van der Waals surface area contributed by atoms with Crippen molar-refractivity contribution < 1.29 is 0 Å². The predicted octanol–water partition coefficient (Wildman–Crippen LogP) is 3.37. The summed E-state index contributed by atoms with van der Waals surface area (Å²) in [5, 5.41) is 3.66. The van der Waals surface area contributed by atoms with Gasteiger partial charge >= 0.3 is 0 Å². The fourth-order valence-corrected chi connectivity index (χ4v) is 2.10. The fourth-order valence-electron chi connectivity index (χ4n) is 2.10. The van der Waals surface area contributed by atoms with E-state index in [9.17, 15) is 0 Å². The zero-order valence-electron chi connectivity index (χ0n) is 9.97. The molecule has 1 saturated carbocycles. The van der Waals surface area contributed by atoms with Crippen LogP contribution in [-0.2, 0) is 0 Å². The Morgan fingerprint density at radius 3 is 2.57 bits per heavy atom. The third-order valence-electron chi connectivity index (χ3n) is 3.23. The van der Waals surface area contributed by atoms with Crippen LogP contribution in [0.4, 0.5) is 0 Å². The summed E-state index contributed by atoms with van der Waals surface area (Å²) in [6, 6.07) is 0.667. The molecule has 0 bridgehead atoms. The Kier molecular flexibility index (Phi) is 4.67. The Morgan fingerprint density at radius 1 is 1.50 bits per heavy atom. The first-order valence-electron chi connectivity index (χ1n) is 6.03. The van der Waals surface area contributed by atoms with Crippen molar-refractivity contribution in [3.63, 3.8) is 0 Å². The molecule has 1 fully saturated rings. The summed E-state index contributed by atoms with van der Waals surface area (Å²) in [6.45, 7) is 11.9.